The SMILES string of the molecule is CCC1CNC(C)(CC)CN1c1c(F)c(F)cc(F)c1F. The number of anilines is 1. The molecule has 1 saturated heterocycles. The molecule has 2 unspecified atom stereocenters. The van der Waals surface area contributed by atoms with Crippen molar-refractivity contribution in [3.8, 4) is 0 Å². The minimum absolute atomic E-state index is 0.213. The first-order chi connectivity index (χ1) is 9.83. The molecule has 118 valence electrons. The highest BCUT2D eigenvalue weighted by Gasteiger charge is 2.37. The maximum absolute atomic E-state index is 14.0. The van der Waals surface area contributed by atoms with Crippen LogP contribution in [0.3, 0.4) is 0 Å². The summed E-state index contributed by atoms with van der Waals surface area (Å²) in [6, 6.07) is 0.0332. The summed E-state index contributed by atoms with van der Waals surface area (Å²) in [5.41, 5.74) is -0.951. The Labute approximate surface area is 122 Å². The quantitative estimate of drug-likeness (QED) is 0.678. The first kappa shape index (κ1) is 16.1. The number of rotatable bonds is 3. The summed E-state index contributed by atoms with van der Waals surface area (Å²) in [5, 5.41) is 3.34. The zero-order valence-corrected chi connectivity index (χ0v) is 12.4. The third-order valence-electron chi connectivity index (χ3n) is 4.35. The van der Waals surface area contributed by atoms with Gasteiger partial charge in [-0.15, -0.1) is 0 Å². The molecule has 0 spiro atoms. The van der Waals surface area contributed by atoms with Crippen LogP contribution >= 0.6 is 0 Å². The first-order valence-corrected chi connectivity index (χ1v) is 7.17. The van der Waals surface area contributed by atoms with Crippen molar-refractivity contribution in [1.29, 1.82) is 0 Å². The molecule has 21 heavy (non-hydrogen) atoms. The van der Waals surface area contributed by atoms with Gasteiger partial charge >= 0.3 is 0 Å². The van der Waals surface area contributed by atoms with Gasteiger partial charge in [-0.25, -0.2) is 17.6 Å². The zero-order valence-electron chi connectivity index (χ0n) is 12.4. The Morgan fingerprint density at radius 2 is 1.76 bits per heavy atom. The lowest BCUT2D eigenvalue weighted by molar-refractivity contribution is 0.271. The minimum atomic E-state index is -1.37. The van der Waals surface area contributed by atoms with E-state index in [1.54, 1.807) is 0 Å². The third-order valence-corrected chi connectivity index (χ3v) is 4.35. The van der Waals surface area contributed by atoms with Gasteiger partial charge in [-0.05, 0) is 19.8 Å². The number of nitrogens with zero attached hydrogens (tertiary/aromatic N) is 1. The van der Waals surface area contributed by atoms with Crippen molar-refractivity contribution in [2.24, 2.45) is 0 Å². The van der Waals surface area contributed by atoms with Gasteiger partial charge in [0.1, 0.15) is 5.69 Å². The topological polar surface area (TPSA) is 15.3 Å². The molecule has 1 fully saturated rings. The van der Waals surface area contributed by atoms with Crippen molar-refractivity contribution in [2.75, 3.05) is 18.0 Å². The second-order valence-corrected chi connectivity index (χ2v) is 5.80. The van der Waals surface area contributed by atoms with Gasteiger partial charge in [0, 0.05) is 30.7 Å². The molecule has 0 radical (unpaired) electrons. The van der Waals surface area contributed by atoms with Gasteiger partial charge < -0.3 is 10.2 Å². The highest BCUT2D eigenvalue weighted by atomic mass is 19.2. The fourth-order valence-corrected chi connectivity index (χ4v) is 2.71. The molecule has 1 aromatic rings. The van der Waals surface area contributed by atoms with Gasteiger partial charge in [0.05, 0.1) is 0 Å². The van der Waals surface area contributed by atoms with Crippen LogP contribution in [-0.4, -0.2) is 24.7 Å². The lowest BCUT2D eigenvalue weighted by Crippen LogP contribution is -2.63. The van der Waals surface area contributed by atoms with Crippen molar-refractivity contribution >= 4 is 5.69 Å². The van der Waals surface area contributed by atoms with Crippen LogP contribution < -0.4 is 10.2 Å². The minimum Gasteiger partial charge on any atom is -0.361 e. The Bertz CT molecular complexity index is 509. The predicted molar refractivity (Wildman–Crippen MR) is 74.4 cm³/mol. The Kier molecular flexibility index (Phi) is 4.46. The molecule has 0 saturated carbocycles. The molecule has 1 aliphatic heterocycles. The summed E-state index contributed by atoms with van der Waals surface area (Å²) < 4.78 is 55.0. The normalized spacial score (nSPS) is 26.2. The van der Waals surface area contributed by atoms with Crippen molar-refractivity contribution in [3.05, 3.63) is 29.3 Å². The van der Waals surface area contributed by atoms with Gasteiger partial charge in [0.15, 0.2) is 23.3 Å². The molecule has 0 aliphatic carbocycles. The molecule has 6 heteroatoms. The Morgan fingerprint density at radius 3 is 2.24 bits per heavy atom. The van der Waals surface area contributed by atoms with Crippen LogP contribution in [0, 0.1) is 23.3 Å². The zero-order chi connectivity index (χ0) is 15.8. The van der Waals surface area contributed by atoms with Crippen LogP contribution in [0.4, 0.5) is 23.2 Å². The number of halogens is 4. The largest absolute Gasteiger partial charge is 0.361 e. The molecule has 1 N–H and O–H groups in total. The summed E-state index contributed by atoms with van der Waals surface area (Å²) in [5.74, 6) is -5.38. The van der Waals surface area contributed by atoms with E-state index in [0.717, 1.165) is 6.42 Å². The maximum atomic E-state index is 14.0. The van der Waals surface area contributed by atoms with Crippen LogP contribution in [-0.2, 0) is 0 Å². The van der Waals surface area contributed by atoms with Crippen LogP contribution in [0.15, 0.2) is 6.07 Å². The number of nitrogens with one attached hydrogen (secondary N) is 1. The lowest BCUT2D eigenvalue weighted by atomic mass is 9.92. The second kappa shape index (κ2) is 5.83. The average Bonchev–Trinajstić information content (AvgIpc) is 2.46. The smallest absolute Gasteiger partial charge is 0.185 e. The Morgan fingerprint density at radius 1 is 1.19 bits per heavy atom. The van der Waals surface area contributed by atoms with Crippen molar-refractivity contribution in [3.63, 3.8) is 0 Å². The third kappa shape index (κ3) is 2.86. The van der Waals surface area contributed by atoms with Gasteiger partial charge in [-0.1, -0.05) is 13.8 Å². The van der Waals surface area contributed by atoms with Crippen LogP contribution in [0.1, 0.15) is 33.6 Å². The molecule has 2 atom stereocenters. The molecule has 0 amide bonds. The second-order valence-electron chi connectivity index (χ2n) is 5.80. The molecule has 0 bridgehead atoms. The number of piperazine rings is 1. The molecule has 1 aliphatic rings. The molecule has 0 aromatic heterocycles. The van der Waals surface area contributed by atoms with E-state index in [9.17, 15) is 17.6 Å². The van der Waals surface area contributed by atoms with Crippen molar-refractivity contribution < 1.29 is 17.6 Å². The van der Waals surface area contributed by atoms with Crippen LogP contribution in [0.2, 0.25) is 0 Å². The highest BCUT2D eigenvalue weighted by Crippen LogP contribution is 2.33. The van der Waals surface area contributed by atoms with E-state index in [4.69, 9.17) is 0 Å². The Balaban J connectivity index is 2.51. The van der Waals surface area contributed by atoms with E-state index in [1.807, 2.05) is 20.8 Å². The highest BCUT2D eigenvalue weighted by molar-refractivity contribution is 5.52. The van der Waals surface area contributed by atoms with Crippen molar-refractivity contribution in [1.82, 2.24) is 5.32 Å². The van der Waals surface area contributed by atoms with E-state index >= 15 is 0 Å². The first-order valence-electron chi connectivity index (χ1n) is 7.17. The van der Waals surface area contributed by atoms with Crippen LogP contribution in [0.5, 0.6) is 0 Å². The lowest BCUT2D eigenvalue weighted by Gasteiger charge is -2.47. The fourth-order valence-electron chi connectivity index (χ4n) is 2.71. The summed E-state index contributed by atoms with van der Waals surface area (Å²) in [6.45, 7) is 6.56. The monoisotopic (exact) mass is 304 g/mol. The number of hydrogen-bond acceptors (Lipinski definition) is 2. The fraction of sp³-hybridized carbons (Fsp3) is 0.600. The molecular weight excluding hydrogens is 284 g/mol. The molecular formula is C15H20F4N2. The molecule has 1 heterocycles. The molecule has 2 rings (SSSR count). The Hall–Kier alpha value is -1.30. The predicted octanol–water partition coefficient (Wildman–Crippen LogP) is 3.60. The van der Waals surface area contributed by atoms with Gasteiger partial charge in [-0.2, -0.15) is 0 Å². The van der Waals surface area contributed by atoms with Gasteiger partial charge in [0.2, 0.25) is 0 Å². The van der Waals surface area contributed by atoms with Crippen LogP contribution in [0.25, 0.3) is 0 Å². The molecule has 2 nitrogen and oxygen atoms in total. The number of benzene rings is 1. The molecule has 1 aromatic carbocycles. The van der Waals surface area contributed by atoms with Gasteiger partial charge in [-0.3, -0.25) is 0 Å². The summed E-state index contributed by atoms with van der Waals surface area (Å²) in [7, 11) is 0. The van der Waals surface area contributed by atoms with E-state index in [2.05, 4.69) is 5.32 Å². The standard InChI is InChI=1S/C15H20F4N2/c1-4-9-7-20-15(3,5-2)8-21(9)14-12(18)10(16)6-11(17)13(14)19/h6,9,20H,4-5,7-8H2,1-3H3. The van der Waals surface area contributed by atoms with E-state index in [0.29, 0.717) is 19.5 Å². The average molecular weight is 304 g/mol. The summed E-state index contributed by atoms with van der Waals surface area (Å²) in [6.07, 6.45) is 1.35. The summed E-state index contributed by atoms with van der Waals surface area (Å²) in [4.78, 5) is 1.46. The van der Waals surface area contributed by atoms with Crippen molar-refractivity contribution in [2.45, 2.75) is 45.2 Å². The maximum Gasteiger partial charge on any atom is 0.185 e. The van der Waals surface area contributed by atoms with E-state index in [1.165, 1.54) is 4.90 Å². The van der Waals surface area contributed by atoms with E-state index in [-0.39, 0.29) is 17.6 Å². The van der Waals surface area contributed by atoms with Gasteiger partial charge in [0.25, 0.3) is 0 Å². The van der Waals surface area contributed by atoms with E-state index < -0.39 is 29.0 Å². The summed E-state index contributed by atoms with van der Waals surface area (Å²) >= 11 is 0. The number of hydrogen-bond donors (Lipinski definition) is 1.